The van der Waals surface area contributed by atoms with Crippen molar-refractivity contribution in [2.75, 3.05) is 6.54 Å². The predicted molar refractivity (Wildman–Crippen MR) is 96.3 cm³/mol. The quantitative estimate of drug-likeness (QED) is 0.569. The number of para-hydroxylation sites is 1. The molecule has 0 bridgehead atoms. The molecule has 8 heteroatoms. The van der Waals surface area contributed by atoms with Crippen LogP contribution in [0.2, 0.25) is 0 Å². The fraction of sp³-hybridized carbons (Fsp3) is 0.111. The van der Waals surface area contributed by atoms with E-state index in [9.17, 15) is 9.59 Å². The van der Waals surface area contributed by atoms with E-state index in [2.05, 4.69) is 20.5 Å². The lowest BCUT2D eigenvalue weighted by atomic mass is 10.2. The van der Waals surface area contributed by atoms with Gasteiger partial charge in [-0.05, 0) is 24.3 Å². The van der Waals surface area contributed by atoms with Crippen molar-refractivity contribution in [3.05, 3.63) is 77.0 Å². The summed E-state index contributed by atoms with van der Waals surface area (Å²) in [4.78, 5) is 27.3. The zero-order valence-corrected chi connectivity index (χ0v) is 13.8. The van der Waals surface area contributed by atoms with E-state index in [0.717, 1.165) is 10.9 Å². The van der Waals surface area contributed by atoms with Crippen LogP contribution in [0.5, 0.6) is 0 Å². The molecule has 1 amide bonds. The van der Waals surface area contributed by atoms with E-state index in [0.29, 0.717) is 11.5 Å². The van der Waals surface area contributed by atoms with E-state index >= 15 is 0 Å². The standard InChI is InChI=1S/C18H16N6O2/c25-17-7-6-16(23-10-3-8-20-23)22-24(17)11-9-19-18(26)15-12-13-4-1-2-5-14(13)21-15/h1-8,10,12,21H,9,11H2,(H,19,26). The van der Waals surface area contributed by atoms with Crippen molar-refractivity contribution in [1.82, 2.24) is 29.9 Å². The van der Waals surface area contributed by atoms with Crippen molar-refractivity contribution >= 4 is 16.8 Å². The molecule has 3 aromatic heterocycles. The van der Waals surface area contributed by atoms with E-state index in [1.165, 1.54) is 10.7 Å². The highest BCUT2D eigenvalue weighted by Gasteiger charge is 2.09. The maximum Gasteiger partial charge on any atom is 0.267 e. The SMILES string of the molecule is O=C(NCCn1nc(-n2cccn2)ccc1=O)c1cc2ccccc2[nH]1. The molecule has 0 saturated carbocycles. The number of nitrogens with one attached hydrogen (secondary N) is 2. The number of benzene rings is 1. The Bertz CT molecular complexity index is 1080. The van der Waals surface area contributed by atoms with Crippen LogP contribution in [-0.2, 0) is 6.54 Å². The highest BCUT2D eigenvalue weighted by Crippen LogP contribution is 2.14. The van der Waals surface area contributed by atoms with Gasteiger partial charge < -0.3 is 10.3 Å². The van der Waals surface area contributed by atoms with Crippen molar-refractivity contribution in [2.45, 2.75) is 6.54 Å². The van der Waals surface area contributed by atoms with Crippen LogP contribution in [0.3, 0.4) is 0 Å². The topological polar surface area (TPSA) is 97.6 Å². The summed E-state index contributed by atoms with van der Waals surface area (Å²) < 4.78 is 2.88. The number of H-pyrrole nitrogens is 1. The second-order valence-corrected chi connectivity index (χ2v) is 5.73. The first-order valence-corrected chi connectivity index (χ1v) is 8.15. The largest absolute Gasteiger partial charge is 0.351 e. The maximum absolute atomic E-state index is 12.3. The molecule has 0 aliphatic rings. The molecular formula is C18H16N6O2. The molecule has 0 atom stereocenters. The van der Waals surface area contributed by atoms with Crippen LogP contribution in [-0.4, -0.2) is 37.0 Å². The Morgan fingerprint density at radius 1 is 1.15 bits per heavy atom. The minimum Gasteiger partial charge on any atom is -0.351 e. The van der Waals surface area contributed by atoms with Gasteiger partial charge in [-0.3, -0.25) is 9.59 Å². The monoisotopic (exact) mass is 348 g/mol. The Morgan fingerprint density at radius 2 is 2.04 bits per heavy atom. The average Bonchev–Trinajstić information content (AvgIpc) is 3.32. The number of hydrogen-bond acceptors (Lipinski definition) is 4. The van der Waals surface area contributed by atoms with Crippen molar-refractivity contribution in [3.8, 4) is 5.82 Å². The Kier molecular flexibility index (Phi) is 4.06. The van der Waals surface area contributed by atoms with Crippen LogP contribution in [0.25, 0.3) is 16.7 Å². The van der Waals surface area contributed by atoms with Crippen LogP contribution < -0.4 is 10.9 Å². The summed E-state index contributed by atoms with van der Waals surface area (Å²) >= 11 is 0. The van der Waals surface area contributed by atoms with Crippen LogP contribution in [0.1, 0.15) is 10.5 Å². The highest BCUT2D eigenvalue weighted by atomic mass is 16.2. The molecule has 3 heterocycles. The van der Waals surface area contributed by atoms with Gasteiger partial charge in [-0.2, -0.15) is 5.10 Å². The molecule has 0 aliphatic heterocycles. The molecule has 0 unspecified atom stereocenters. The second kappa shape index (κ2) is 6.67. The van der Waals surface area contributed by atoms with Crippen LogP contribution in [0, 0.1) is 0 Å². The first-order chi connectivity index (χ1) is 12.7. The number of amides is 1. The summed E-state index contributed by atoms with van der Waals surface area (Å²) in [6.45, 7) is 0.545. The first-order valence-electron chi connectivity index (χ1n) is 8.15. The lowest BCUT2D eigenvalue weighted by molar-refractivity contribution is 0.0947. The Labute approximate surface area is 148 Å². The highest BCUT2D eigenvalue weighted by molar-refractivity contribution is 5.97. The Hall–Kier alpha value is -3.68. The van der Waals surface area contributed by atoms with E-state index < -0.39 is 0 Å². The third kappa shape index (κ3) is 3.12. The van der Waals surface area contributed by atoms with Gasteiger partial charge >= 0.3 is 0 Å². The smallest absolute Gasteiger partial charge is 0.267 e. The van der Waals surface area contributed by atoms with E-state index in [1.54, 1.807) is 35.3 Å². The number of aromatic amines is 1. The average molecular weight is 348 g/mol. The molecule has 4 aromatic rings. The number of rotatable bonds is 5. The van der Waals surface area contributed by atoms with Gasteiger partial charge in [-0.25, -0.2) is 9.36 Å². The molecule has 0 fully saturated rings. The predicted octanol–water partition coefficient (Wildman–Crippen LogP) is 1.34. The molecule has 0 aliphatic carbocycles. The van der Waals surface area contributed by atoms with Gasteiger partial charge in [0.15, 0.2) is 5.82 Å². The van der Waals surface area contributed by atoms with Crippen molar-refractivity contribution in [3.63, 3.8) is 0 Å². The summed E-state index contributed by atoms with van der Waals surface area (Å²) in [5.41, 5.74) is 1.15. The van der Waals surface area contributed by atoms with E-state index in [1.807, 2.05) is 24.3 Å². The van der Waals surface area contributed by atoms with Gasteiger partial charge in [0.25, 0.3) is 11.5 Å². The minimum atomic E-state index is -0.235. The lowest BCUT2D eigenvalue weighted by Gasteiger charge is -2.08. The molecule has 2 N–H and O–H groups in total. The summed E-state index contributed by atoms with van der Waals surface area (Å²) in [5.74, 6) is 0.314. The van der Waals surface area contributed by atoms with Crippen molar-refractivity contribution in [1.29, 1.82) is 0 Å². The molecule has 1 aromatic carbocycles. The summed E-state index contributed by atoms with van der Waals surface area (Å²) in [6, 6.07) is 14.3. The molecular weight excluding hydrogens is 332 g/mol. The summed E-state index contributed by atoms with van der Waals surface area (Å²) in [7, 11) is 0. The zero-order valence-electron chi connectivity index (χ0n) is 13.8. The fourth-order valence-corrected chi connectivity index (χ4v) is 2.69. The normalized spacial score (nSPS) is 10.9. The lowest BCUT2D eigenvalue weighted by Crippen LogP contribution is -2.32. The first kappa shape index (κ1) is 15.8. The van der Waals surface area contributed by atoms with Gasteiger partial charge in [0.05, 0.1) is 6.54 Å². The van der Waals surface area contributed by atoms with Crippen molar-refractivity contribution < 1.29 is 4.79 Å². The van der Waals surface area contributed by atoms with Crippen LogP contribution in [0.4, 0.5) is 0 Å². The van der Waals surface area contributed by atoms with Crippen molar-refractivity contribution in [2.24, 2.45) is 0 Å². The summed E-state index contributed by atoms with van der Waals surface area (Å²) in [5, 5.41) is 12.1. The number of carbonyl (C=O) groups excluding carboxylic acids is 1. The number of carbonyl (C=O) groups is 1. The molecule has 26 heavy (non-hydrogen) atoms. The molecule has 0 spiro atoms. The van der Waals surface area contributed by atoms with Crippen LogP contribution in [0.15, 0.2) is 65.7 Å². The molecule has 0 radical (unpaired) electrons. The Balaban J connectivity index is 1.43. The van der Waals surface area contributed by atoms with E-state index in [4.69, 9.17) is 0 Å². The number of hydrogen-bond donors (Lipinski definition) is 2. The maximum atomic E-state index is 12.3. The molecule has 8 nitrogen and oxygen atoms in total. The minimum absolute atomic E-state index is 0.225. The summed E-state index contributed by atoms with van der Waals surface area (Å²) in [6.07, 6.45) is 3.38. The van der Waals surface area contributed by atoms with Gasteiger partial charge in [-0.1, -0.05) is 18.2 Å². The van der Waals surface area contributed by atoms with Gasteiger partial charge in [0.2, 0.25) is 0 Å². The number of fused-ring (bicyclic) bond motifs is 1. The third-order valence-electron chi connectivity index (χ3n) is 3.98. The molecule has 130 valence electrons. The number of aromatic nitrogens is 5. The van der Waals surface area contributed by atoms with Gasteiger partial charge in [0, 0.05) is 35.9 Å². The third-order valence-corrected chi connectivity index (χ3v) is 3.98. The zero-order chi connectivity index (χ0) is 17.9. The fourth-order valence-electron chi connectivity index (χ4n) is 2.69. The Morgan fingerprint density at radius 3 is 2.85 bits per heavy atom. The van der Waals surface area contributed by atoms with Gasteiger partial charge in [0.1, 0.15) is 5.69 Å². The van der Waals surface area contributed by atoms with E-state index in [-0.39, 0.29) is 24.6 Å². The van der Waals surface area contributed by atoms with Gasteiger partial charge in [-0.15, -0.1) is 5.10 Å². The molecule has 0 saturated heterocycles. The second-order valence-electron chi connectivity index (χ2n) is 5.73. The molecule has 4 rings (SSSR count). The van der Waals surface area contributed by atoms with Crippen LogP contribution >= 0.6 is 0 Å². The number of nitrogens with zero attached hydrogens (tertiary/aromatic N) is 4.